The lowest BCUT2D eigenvalue weighted by atomic mass is 9.14. The van der Waals surface area contributed by atoms with Crippen molar-refractivity contribution in [3.63, 3.8) is 0 Å². The molecule has 0 aliphatic heterocycles. The van der Waals surface area contributed by atoms with Crippen LogP contribution < -0.4 is 4.90 Å². The summed E-state index contributed by atoms with van der Waals surface area (Å²) in [6.07, 6.45) is 18.7. The first kappa shape index (κ1) is 39.0. The van der Waals surface area contributed by atoms with Crippen LogP contribution in [0.25, 0.3) is 0 Å². The predicted molar refractivity (Wildman–Crippen MR) is 174 cm³/mol. The van der Waals surface area contributed by atoms with Crippen molar-refractivity contribution in [2.75, 3.05) is 13.3 Å². The first-order valence-electron chi connectivity index (χ1n) is 17.1. The molecule has 236 valence electrons. The fourth-order valence-electron chi connectivity index (χ4n) is 7.87. The number of alkyl halides is 1. The summed E-state index contributed by atoms with van der Waals surface area (Å²) in [6, 6.07) is 3.85. The molecule has 5 unspecified atom stereocenters. The molecule has 0 saturated heterocycles. The van der Waals surface area contributed by atoms with Gasteiger partial charge in [0.15, 0.2) is 11.5 Å². The summed E-state index contributed by atoms with van der Waals surface area (Å²) >= 11 is 0. The van der Waals surface area contributed by atoms with Gasteiger partial charge in [-0.3, -0.25) is 4.90 Å². The van der Waals surface area contributed by atoms with Crippen LogP contribution in [0.5, 0.6) is 0 Å². The summed E-state index contributed by atoms with van der Waals surface area (Å²) in [5, 5.41) is 0. The molecule has 1 aromatic rings. The molecule has 0 amide bonds. The molecule has 0 bridgehead atoms. The van der Waals surface area contributed by atoms with Crippen LogP contribution in [-0.2, 0) is 0 Å². The van der Waals surface area contributed by atoms with E-state index in [4.69, 9.17) is 0 Å². The van der Waals surface area contributed by atoms with Crippen LogP contribution in [0.2, 0.25) is 25.3 Å². The number of benzene rings is 1. The van der Waals surface area contributed by atoms with E-state index in [1.54, 1.807) is 0 Å². The van der Waals surface area contributed by atoms with E-state index in [1.807, 2.05) is 6.92 Å². The minimum absolute atomic E-state index is 0.0750. The molecule has 0 spiro atoms. The first-order valence-corrected chi connectivity index (χ1v) is 17.1. The molecule has 0 fully saturated rings. The molecule has 0 saturated carbocycles. The van der Waals surface area contributed by atoms with Crippen molar-refractivity contribution in [2.24, 2.45) is 23.7 Å². The topological polar surface area (TPSA) is 4.44 Å². The number of hydrogen-bond acceptors (Lipinski definition) is 0. The van der Waals surface area contributed by atoms with Crippen LogP contribution in [0.15, 0.2) is 18.2 Å². The zero-order valence-corrected chi connectivity index (χ0v) is 28.1. The van der Waals surface area contributed by atoms with E-state index < -0.39 is 18.4 Å². The number of halogens is 3. The SMILES string of the molecule is CCCC(C)C[B-](CC(C)CCC)(CC(C)CCC)CC(C)CCC.CCCC[NH+](CF)c1cccc(F)c1F. The Bertz CT molecular complexity index is 682. The first-order chi connectivity index (χ1) is 19.0. The smallest absolute Gasteiger partial charge is 0.225 e. The van der Waals surface area contributed by atoms with E-state index in [1.165, 1.54) is 88.8 Å². The molecule has 1 aromatic carbocycles. The van der Waals surface area contributed by atoms with Crippen molar-refractivity contribution >= 4 is 11.8 Å². The highest BCUT2D eigenvalue weighted by molar-refractivity contribution is 6.80. The third-order valence-electron chi connectivity index (χ3n) is 9.06. The fourth-order valence-corrected chi connectivity index (χ4v) is 7.87. The van der Waals surface area contributed by atoms with Crippen molar-refractivity contribution in [3.05, 3.63) is 29.8 Å². The molecule has 5 heteroatoms. The van der Waals surface area contributed by atoms with Crippen molar-refractivity contribution < 1.29 is 18.1 Å². The second kappa shape index (κ2) is 22.6. The molecule has 0 heterocycles. The standard InChI is InChI=1S/C24H52B.C11H14F3N/c1-9-13-21(5)17-25(18-22(6)14-10-2,19-23(7)15-11-3)20-24(8)16-12-4;1-2-3-7-15(8-12)10-6-4-5-9(13)11(10)14/h21-24H,9-20H2,1-8H3;4-6H,2-3,7-8H2,1H3/q-1;/p+1. The van der Waals surface area contributed by atoms with Gasteiger partial charge in [0.25, 0.3) is 0 Å². The average Bonchev–Trinajstić information content (AvgIpc) is 2.87. The molecule has 1 N–H and O–H groups in total. The minimum Gasteiger partial charge on any atom is -0.274 e. The molecule has 0 aliphatic rings. The van der Waals surface area contributed by atoms with E-state index >= 15 is 0 Å². The summed E-state index contributed by atoms with van der Waals surface area (Å²) in [7, 11) is 0. The number of unbranched alkanes of at least 4 members (excludes halogenated alkanes) is 1. The van der Waals surface area contributed by atoms with Crippen molar-refractivity contribution in [3.8, 4) is 0 Å². The Morgan fingerprint density at radius 3 is 1.38 bits per heavy atom. The van der Waals surface area contributed by atoms with Gasteiger partial charge in [-0.1, -0.05) is 150 Å². The monoisotopic (exact) mass is 570 g/mol. The molecule has 1 nitrogen and oxygen atoms in total. The van der Waals surface area contributed by atoms with Crippen LogP contribution in [0.4, 0.5) is 18.9 Å². The highest BCUT2D eigenvalue weighted by Gasteiger charge is 2.30. The summed E-state index contributed by atoms with van der Waals surface area (Å²) < 4.78 is 38.8. The van der Waals surface area contributed by atoms with Crippen LogP contribution >= 0.6 is 0 Å². The average molecular weight is 570 g/mol. The normalized spacial score (nSPS) is 16.8. The highest BCUT2D eigenvalue weighted by atomic mass is 19.2. The van der Waals surface area contributed by atoms with Gasteiger partial charge in [0.2, 0.25) is 12.6 Å². The summed E-state index contributed by atoms with van der Waals surface area (Å²) in [5.74, 6) is 1.81. The van der Waals surface area contributed by atoms with Gasteiger partial charge in [0, 0.05) is 12.2 Å². The van der Waals surface area contributed by atoms with Gasteiger partial charge in [-0.05, 0) is 12.5 Å². The molecule has 1 rings (SSSR count). The Labute approximate surface area is 248 Å². The van der Waals surface area contributed by atoms with E-state index in [2.05, 4.69) is 55.4 Å². The number of quaternary nitrogens is 1. The van der Waals surface area contributed by atoms with Gasteiger partial charge < -0.3 is 0 Å². The van der Waals surface area contributed by atoms with Crippen LogP contribution in [0.3, 0.4) is 0 Å². The summed E-state index contributed by atoms with van der Waals surface area (Å²) in [4.78, 5) is 0.342. The number of rotatable bonds is 21. The van der Waals surface area contributed by atoms with Crippen LogP contribution in [0, 0.1) is 35.3 Å². The molecular weight excluding hydrogens is 502 g/mol. The van der Waals surface area contributed by atoms with Crippen molar-refractivity contribution in [1.29, 1.82) is 0 Å². The van der Waals surface area contributed by atoms with Gasteiger partial charge >= 0.3 is 0 Å². The van der Waals surface area contributed by atoms with E-state index in [9.17, 15) is 13.2 Å². The zero-order valence-electron chi connectivity index (χ0n) is 28.1. The summed E-state index contributed by atoms with van der Waals surface area (Å²) in [5.41, 5.74) is 0.0750. The van der Waals surface area contributed by atoms with Gasteiger partial charge in [0.1, 0.15) is 0 Å². The van der Waals surface area contributed by atoms with Gasteiger partial charge in [-0.15, -0.1) is 0 Å². The molecule has 0 aliphatic carbocycles. The molecule has 0 aromatic heterocycles. The lowest BCUT2D eigenvalue weighted by molar-refractivity contribution is -0.848. The Kier molecular flexibility index (Phi) is 22.1. The fraction of sp³-hybridized carbons (Fsp3) is 0.829. The van der Waals surface area contributed by atoms with Crippen LogP contribution in [-0.4, -0.2) is 19.5 Å². The lowest BCUT2D eigenvalue weighted by Crippen LogP contribution is -3.06. The largest absolute Gasteiger partial charge is 0.274 e. The minimum atomic E-state index is -0.943. The third kappa shape index (κ3) is 15.9. The maximum atomic E-state index is 13.3. The molecular formula is C35H67BF3N. The van der Waals surface area contributed by atoms with Crippen molar-refractivity contribution in [1.82, 2.24) is 0 Å². The lowest BCUT2D eigenvalue weighted by Gasteiger charge is -2.47. The van der Waals surface area contributed by atoms with Gasteiger partial charge in [0.05, 0.1) is 6.54 Å². The predicted octanol–water partition coefficient (Wildman–Crippen LogP) is 11.4. The van der Waals surface area contributed by atoms with E-state index in [-0.39, 0.29) is 11.8 Å². The number of nitrogens with one attached hydrogen (secondary N) is 1. The molecule has 40 heavy (non-hydrogen) atoms. The maximum Gasteiger partial charge on any atom is 0.225 e. The highest BCUT2D eigenvalue weighted by Crippen LogP contribution is 2.41. The molecule has 0 radical (unpaired) electrons. The Morgan fingerprint density at radius 2 is 1.05 bits per heavy atom. The Hall–Kier alpha value is -0.965. The van der Waals surface area contributed by atoms with Gasteiger partial charge in [-0.25, -0.2) is 4.39 Å². The van der Waals surface area contributed by atoms with Gasteiger partial charge in [-0.2, -0.15) is 34.1 Å². The quantitative estimate of drug-likeness (QED) is 0.111. The van der Waals surface area contributed by atoms with E-state index in [0.717, 1.165) is 42.6 Å². The Balaban J connectivity index is 0.000000858. The molecule has 5 atom stereocenters. The maximum absolute atomic E-state index is 13.3. The van der Waals surface area contributed by atoms with Crippen molar-refractivity contribution in [2.45, 2.75) is 152 Å². The second-order valence-corrected chi connectivity index (χ2v) is 13.7. The zero-order chi connectivity index (χ0) is 30.6. The third-order valence-corrected chi connectivity index (χ3v) is 9.06. The van der Waals surface area contributed by atoms with E-state index in [0.29, 0.717) is 11.4 Å². The second-order valence-electron chi connectivity index (χ2n) is 13.7. The summed E-state index contributed by atoms with van der Waals surface area (Å²) in [6.45, 7) is 21.4. The number of hydrogen-bond donors (Lipinski definition) is 1. The Morgan fingerprint density at radius 1 is 0.650 bits per heavy atom. The van der Waals surface area contributed by atoms with Crippen LogP contribution in [0.1, 0.15) is 127 Å².